The summed E-state index contributed by atoms with van der Waals surface area (Å²) in [6, 6.07) is 5.90. The molecule has 1 aliphatic rings. The molecule has 0 aromatic carbocycles. The molecule has 0 N–H and O–H groups in total. The van der Waals surface area contributed by atoms with Gasteiger partial charge in [0.05, 0.1) is 11.8 Å². The third-order valence-electron chi connectivity index (χ3n) is 3.65. The van der Waals surface area contributed by atoms with Gasteiger partial charge in [0, 0.05) is 31.9 Å². The predicted molar refractivity (Wildman–Crippen MR) is 76.4 cm³/mol. The first-order valence-corrected chi connectivity index (χ1v) is 8.49. The van der Waals surface area contributed by atoms with Crippen LogP contribution in [0, 0.1) is 11.3 Å². The number of nitriles is 1. The van der Waals surface area contributed by atoms with Gasteiger partial charge in [-0.1, -0.05) is 0 Å². The third kappa shape index (κ3) is 3.78. The Morgan fingerprint density at radius 1 is 1.40 bits per heavy atom. The second-order valence-corrected chi connectivity index (χ2v) is 7.14. The van der Waals surface area contributed by atoms with Gasteiger partial charge < -0.3 is 0 Å². The van der Waals surface area contributed by atoms with Gasteiger partial charge >= 0.3 is 0 Å². The number of rotatable bonds is 5. The number of unbranched alkanes of at least 4 members (excludes halogenated alkanes) is 1. The molecule has 1 saturated heterocycles. The molecule has 1 fully saturated rings. The molecule has 1 aromatic rings. The molecular weight excluding hydrogens is 274 g/mol. The van der Waals surface area contributed by atoms with Crippen LogP contribution in [0.3, 0.4) is 0 Å². The first-order chi connectivity index (χ1) is 9.63. The van der Waals surface area contributed by atoms with Crippen molar-refractivity contribution >= 4 is 10.0 Å². The first kappa shape index (κ1) is 14.9. The average Bonchev–Trinajstić information content (AvgIpc) is 2.48. The maximum absolute atomic E-state index is 12.2. The van der Waals surface area contributed by atoms with Gasteiger partial charge in [0.1, 0.15) is 0 Å². The van der Waals surface area contributed by atoms with Crippen LogP contribution in [0.2, 0.25) is 0 Å². The van der Waals surface area contributed by atoms with Gasteiger partial charge in [-0.15, -0.1) is 0 Å². The van der Waals surface area contributed by atoms with E-state index in [4.69, 9.17) is 5.26 Å². The number of hydrogen-bond donors (Lipinski definition) is 0. The Balaban J connectivity index is 2.02. The lowest BCUT2D eigenvalue weighted by atomic mass is 9.92. The maximum atomic E-state index is 12.2. The molecule has 0 radical (unpaired) electrons. The minimum atomic E-state index is -3.23. The smallest absolute Gasteiger partial charge is 0.214 e. The second-order valence-electron chi connectivity index (χ2n) is 5.06. The lowest BCUT2D eigenvalue weighted by Gasteiger charge is -2.32. The highest BCUT2D eigenvalue weighted by molar-refractivity contribution is 7.89. The molecule has 2 rings (SSSR count). The van der Waals surface area contributed by atoms with Crippen molar-refractivity contribution in [1.29, 1.82) is 5.26 Å². The summed E-state index contributed by atoms with van der Waals surface area (Å²) in [5, 5.41) is 8.50. The van der Waals surface area contributed by atoms with Crippen LogP contribution in [0.4, 0.5) is 0 Å². The molecule has 108 valence electrons. The molecule has 1 aliphatic heterocycles. The van der Waals surface area contributed by atoms with Gasteiger partial charge in [-0.25, -0.2) is 12.7 Å². The van der Waals surface area contributed by atoms with E-state index in [0.717, 1.165) is 18.4 Å². The van der Waals surface area contributed by atoms with Gasteiger partial charge in [-0.05, 0) is 42.9 Å². The van der Waals surface area contributed by atoms with Crippen molar-refractivity contribution in [3.8, 4) is 6.07 Å². The standard InChI is InChI=1S/C14H19N3O2S/c15-7-1-2-11-20(18,19)17-10-3-4-14(12-17)13-5-8-16-9-6-13/h5-6,8-9,14H,1-4,10-12H2/t14-/m0/s1. The van der Waals surface area contributed by atoms with Crippen LogP contribution in [0.5, 0.6) is 0 Å². The van der Waals surface area contributed by atoms with Crippen LogP contribution in [-0.4, -0.2) is 36.5 Å². The van der Waals surface area contributed by atoms with Gasteiger partial charge in [-0.2, -0.15) is 5.26 Å². The summed E-state index contributed by atoms with van der Waals surface area (Å²) in [5.41, 5.74) is 1.15. The number of hydrogen-bond acceptors (Lipinski definition) is 4. The van der Waals surface area contributed by atoms with Crippen molar-refractivity contribution in [2.45, 2.75) is 31.6 Å². The van der Waals surface area contributed by atoms with Crippen molar-refractivity contribution in [3.63, 3.8) is 0 Å². The zero-order valence-electron chi connectivity index (χ0n) is 11.4. The zero-order chi connectivity index (χ0) is 14.4. The Morgan fingerprint density at radius 3 is 2.85 bits per heavy atom. The van der Waals surface area contributed by atoms with E-state index < -0.39 is 10.0 Å². The molecule has 1 atom stereocenters. The molecule has 6 heteroatoms. The number of pyridine rings is 1. The number of nitrogens with zero attached hydrogens (tertiary/aromatic N) is 3. The third-order valence-corrected chi connectivity index (χ3v) is 5.57. The normalized spacial score (nSPS) is 20.4. The molecule has 0 bridgehead atoms. The largest absolute Gasteiger partial charge is 0.265 e. The fraction of sp³-hybridized carbons (Fsp3) is 0.571. The van der Waals surface area contributed by atoms with Crippen LogP contribution in [0.15, 0.2) is 24.5 Å². The van der Waals surface area contributed by atoms with E-state index in [2.05, 4.69) is 4.98 Å². The summed E-state index contributed by atoms with van der Waals surface area (Å²) >= 11 is 0. The van der Waals surface area contributed by atoms with E-state index in [9.17, 15) is 8.42 Å². The van der Waals surface area contributed by atoms with Gasteiger partial charge in [0.2, 0.25) is 10.0 Å². The quantitative estimate of drug-likeness (QED) is 0.777. The highest BCUT2D eigenvalue weighted by Gasteiger charge is 2.29. The first-order valence-electron chi connectivity index (χ1n) is 6.88. The highest BCUT2D eigenvalue weighted by Crippen LogP contribution is 2.28. The van der Waals surface area contributed by atoms with E-state index in [1.807, 2.05) is 18.2 Å². The molecule has 0 spiro atoms. The van der Waals surface area contributed by atoms with E-state index in [1.165, 1.54) is 0 Å². The Bertz CT molecular complexity index is 566. The van der Waals surface area contributed by atoms with E-state index >= 15 is 0 Å². The second kappa shape index (κ2) is 6.82. The molecule has 0 amide bonds. The average molecular weight is 293 g/mol. The zero-order valence-corrected chi connectivity index (χ0v) is 12.2. The fourth-order valence-corrected chi connectivity index (χ4v) is 4.15. The number of piperidine rings is 1. The monoisotopic (exact) mass is 293 g/mol. The van der Waals surface area contributed by atoms with Crippen LogP contribution >= 0.6 is 0 Å². The SMILES string of the molecule is N#CCCCS(=O)(=O)N1CCC[C@H](c2ccncc2)C1. The number of aromatic nitrogens is 1. The van der Waals surface area contributed by atoms with Crippen molar-refractivity contribution in [1.82, 2.24) is 9.29 Å². The van der Waals surface area contributed by atoms with Crippen molar-refractivity contribution < 1.29 is 8.42 Å². The van der Waals surface area contributed by atoms with Crippen molar-refractivity contribution in [3.05, 3.63) is 30.1 Å². The highest BCUT2D eigenvalue weighted by atomic mass is 32.2. The molecule has 0 aliphatic carbocycles. The van der Waals surface area contributed by atoms with Gasteiger partial charge in [0.25, 0.3) is 0 Å². The van der Waals surface area contributed by atoms with Crippen molar-refractivity contribution in [2.24, 2.45) is 0 Å². The van der Waals surface area contributed by atoms with E-state index in [0.29, 0.717) is 25.9 Å². The summed E-state index contributed by atoms with van der Waals surface area (Å²) in [6.07, 6.45) is 6.08. The molecule has 1 aromatic heterocycles. The number of sulfonamides is 1. The minimum absolute atomic E-state index is 0.0730. The fourth-order valence-electron chi connectivity index (χ4n) is 2.57. The molecule has 2 heterocycles. The summed E-state index contributed by atoms with van der Waals surface area (Å²) < 4.78 is 26.1. The van der Waals surface area contributed by atoms with Gasteiger partial charge in [-0.3, -0.25) is 4.98 Å². The topological polar surface area (TPSA) is 74.1 Å². The van der Waals surface area contributed by atoms with E-state index in [-0.39, 0.29) is 11.7 Å². The Hall–Kier alpha value is -1.45. The molecule has 20 heavy (non-hydrogen) atoms. The summed E-state index contributed by atoms with van der Waals surface area (Å²) in [4.78, 5) is 4.00. The lowest BCUT2D eigenvalue weighted by molar-refractivity contribution is 0.315. The predicted octanol–water partition coefficient (Wildman–Crippen LogP) is 1.89. The van der Waals surface area contributed by atoms with Crippen LogP contribution in [0.1, 0.15) is 37.2 Å². The molecule has 0 saturated carbocycles. The molecule has 5 nitrogen and oxygen atoms in total. The Kier molecular flexibility index (Phi) is 5.10. The minimum Gasteiger partial charge on any atom is -0.265 e. The Morgan fingerprint density at radius 2 is 2.15 bits per heavy atom. The van der Waals surface area contributed by atoms with Crippen LogP contribution in [-0.2, 0) is 10.0 Å². The van der Waals surface area contributed by atoms with Gasteiger partial charge in [0.15, 0.2) is 0 Å². The van der Waals surface area contributed by atoms with Crippen molar-refractivity contribution in [2.75, 3.05) is 18.8 Å². The molecule has 0 unspecified atom stereocenters. The Labute approximate surface area is 120 Å². The lowest BCUT2D eigenvalue weighted by Crippen LogP contribution is -2.40. The summed E-state index contributed by atoms with van der Waals surface area (Å²) in [5.74, 6) is 0.321. The van der Waals surface area contributed by atoms with Crippen LogP contribution in [0.25, 0.3) is 0 Å². The molecular formula is C14H19N3O2S. The maximum Gasteiger partial charge on any atom is 0.214 e. The van der Waals surface area contributed by atoms with Crippen LogP contribution < -0.4 is 0 Å². The summed E-state index contributed by atoms with van der Waals surface area (Å²) in [7, 11) is -3.23. The van der Waals surface area contributed by atoms with E-state index in [1.54, 1.807) is 16.7 Å². The summed E-state index contributed by atoms with van der Waals surface area (Å²) in [6.45, 7) is 1.13.